The van der Waals surface area contributed by atoms with Crippen LogP contribution in [0.4, 0.5) is 0 Å². The van der Waals surface area contributed by atoms with Crippen molar-refractivity contribution in [3.8, 4) is 0 Å². The first-order chi connectivity index (χ1) is 8.74. The van der Waals surface area contributed by atoms with Gasteiger partial charge < -0.3 is 10.6 Å². The fourth-order valence-electron chi connectivity index (χ4n) is 2.31. The Hall–Kier alpha value is -1.42. The number of amides is 1. The van der Waals surface area contributed by atoms with Gasteiger partial charge in [0.25, 0.3) is 0 Å². The number of carbonyl (C=O) groups is 1. The molecule has 2 rings (SSSR count). The van der Waals surface area contributed by atoms with E-state index < -0.39 is 0 Å². The molecule has 2 heterocycles. The Bertz CT molecular complexity index is 400. The molecule has 2 N–H and O–H groups in total. The second kappa shape index (κ2) is 6.50. The Labute approximate surface area is 108 Å². The Kier molecular flexibility index (Phi) is 4.70. The molecule has 0 saturated carbocycles. The zero-order valence-corrected chi connectivity index (χ0v) is 10.9. The Morgan fingerprint density at radius 1 is 1.44 bits per heavy atom. The van der Waals surface area contributed by atoms with Crippen LogP contribution in [-0.4, -0.2) is 24.0 Å². The molecule has 0 atom stereocenters. The fourth-order valence-corrected chi connectivity index (χ4v) is 2.31. The first-order valence-electron chi connectivity index (χ1n) is 6.64. The van der Waals surface area contributed by atoms with E-state index >= 15 is 0 Å². The van der Waals surface area contributed by atoms with E-state index in [2.05, 4.69) is 15.6 Å². The van der Waals surface area contributed by atoms with E-state index in [0.29, 0.717) is 18.9 Å². The molecule has 1 aromatic heterocycles. The van der Waals surface area contributed by atoms with Gasteiger partial charge in [0.1, 0.15) is 0 Å². The number of carbonyl (C=O) groups excluding carboxylic acids is 1. The molecule has 0 bridgehead atoms. The molecule has 1 saturated heterocycles. The Balaban J connectivity index is 1.74. The van der Waals surface area contributed by atoms with Gasteiger partial charge in [-0.05, 0) is 50.9 Å². The highest BCUT2D eigenvalue weighted by atomic mass is 16.1. The van der Waals surface area contributed by atoms with Crippen LogP contribution in [0.3, 0.4) is 0 Å². The molecule has 0 radical (unpaired) electrons. The normalized spacial score (nSPS) is 16.5. The lowest BCUT2D eigenvalue weighted by molar-refractivity contribution is -0.122. The molecule has 1 amide bonds. The molecular weight excluding hydrogens is 226 g/mol. The van der Waals surface area contributed by atoms with E-state index in [-0.39, 0.29) is 5.91 Å². The number of nitrogens with one attached hydrogen (secondary N) is 2. The molecule has 0 aliphatic carbocycles. The third-order valence-electron chi connectivity index (χ3n) is 3.35. The minimum atomic E-state index is 0.144. The number of piperidine rings is 1. The lowest BCUT2D eigenvalue weighted by Crippen LogP contribution is -2.32. The van der Waals surface area contributed by atoms with Gasteiger partial charge in [-0.25, -0.2) is 0 Å². The smallest absolute Gasteiger partial charge is 0.220 e. The number of rotatable bonds is 4. The Morgan fingerprint density at radius 3 is 2.94 bits per heavy atom. The third kappa shape index (κ3) is 4.11. The lowest BCUT2D eigenvalue weighted by atomic mass is 9.94. The molecule has 4 nitrogen and oxygen atoms in total. The molecule has 0 spiro atoms. The maximum absolute atomic E-state index is 11.8. The van der Waals surface area contributed by atoms with Gasteiger partial charge in [0.15, 0.2) is 0 Å². The average molecular weight is 247 g/mol. The second-order valence-electron chi connectivity index (χ2n) is 4.94. The van der Waals surface area contributed by atoms with Crippen LogP contribution < -0.4 is 10.6 Å². The summed E-state index contributed by atoms with van der Waals surface area (Å²) in [4.78, 5) is 16.2. The first kappa shape index (κ1) is 13.0. The third-order valence-corrected chi connectivity index (χ3v) is 3.35. The SMILES string of the molecule is Cc1cccc(CNC(=O)CC2CCNCC2)n1. The minimum Gasteiger partial charge on any atom is -0.350 e. The van der Waals surface area contributed by atoms with E-state index in [1.165, 1.54) is 0 Å². The van der Waals surface area contributed by atoms with E-state index in [1.54, 1.807) is 0 Å². The van der Waals surface area contributed by atoms with Crippen LogP contribution in [-0.2, 0) is 11.3 Å². The summed E-state index contributed by atoms with van der Waals surface area (Å²) in [6.45, 7) is 4.57. The van der Waals surface area contributed by atoms with E-state index in [4.69, 9.17) is 0 Å². The van der Waals surface area contributed by atoms with Crippen molar-refractivity contribution < 1.29 is 4.79 Å². The largest absolute Gasteiger partial charge is 0.350 e. The molecule has 1 aromatic rings. The van der Waals surface area contributed by atoms with Crippen molar-refractivity contribution in [2.75, 3.05) is 13.1 Å². The van der Waals surface area contributed by atoms with Gasteiger partial charge in [-0.3, -0.25) is 9.78 Å². The molecule has 18 heavy (non-hydrogen) atoms. The summed E-state index contributed by atoms with van der Waals surface area (Å²) in [6.07, 6.45) is 2.86. The van der Waals surface area contributed by atoms with Gasteiger partial charge in [-0.15, -0.1) is 0 Å². The van der Waals surface area contributed by atoms with Crippen LogP contribution in [0.15, 0.2) is 18.2 Å². The molecule has 4 heteroatoms. The summed E-state index contributed by atoms with van der Waals surface area (Å²) >= 11 is 0. The van der Waals surface area contributed by atoms with Crippen molar-refractivity contribution in [2.24, 2.45) is 5.92 Å². The standard InChI is InChI=1S/C14H21N3O/c1-11-3-2-4-13(17-11)10-16-14(18)9-12-5-7-15-8-6-12/h2-4,12,15H,5-10H2,1H3,(H,16,18). The highest BCUT2D eigenvalue weighted by Gasteiger charge is 2.16. The number of aryl methyl sites for hydroxylation is 1. The van der Waals surface area contributed by atoms with Crippen molar-refractivity contribution in [1.29, 1.82) is 0 Å². The Morgan fingerprint density at radius 2 is 2.22 bits per heavy atom. The number of nitrogens with zero attached hydrogens (tertiary/aromatic N) is 1. The maximum Gasteiger partial charge on any atom is 0.220 e. The van der Waals surface area contributed by atoms with Gasteiger partial charge in [0.2, 0.25) is 5.91 Å². The highest BCUT2D eigenvalue weighted by Crippen LogP contribution is 2.15. The van der Waals surface area contributed by atoms with Gasteiger partial charge in [0.05, 0.1) is 12.2 Å². The predicted octanol–water partition coefficient (Wildman–Crippen LogP) is 1.40. The maximum atomic E-state index is 11.8. The monoisotopic (exact) mass is 247 g/mol. The molecule has 0 unspecified atom stereocenters. The summed E-state index contributed by atoms with van der Waals surface area (Å²) in [5, 5.41) is 6.26. The summed E-state index contributed by atoms with van der Waals surface area (Å²) in [5.41, 5.74) is 1.91. The zero-order valence-electron chi connectivity index (χ0n) is 10.9. The summed E-state index contributed by atoms with van der Waals surface area (Å²) in [6, 6.07) is 5.87. The number of hydrogen-bond donors (Lipinski definition) is 2. The van der Waals surface area contributed by atoms with Crippen LogP contribution in [0.5, 0.6) is 0 Å². The van der Waals surface area contributed by atoms with E-state index in [1.807, 2.05) is 25.1 Å². The van der Waals surface area contributed by atoms with E-state index in [9.17, 15) is 4.79 Å². The van der Waals surface area contributed by atoms with Gasteiger partial charge >= 0.3 is 0 Å². The van der Waals surface area contributed by atoms with Gasteiger partial charge in [0, 0.05) is 12.1 Å². The summed E-state index contributed by atoms with van der Waals surface area (Å²) in [7, 11) is 0. The number of pyridine rings is 1. The second-order valence-corrected chi connectivity index (χ2v) is 4.94. The molecule has 98 valence electrons. The average Bonchev–Trinajstić information content (AvgIpc) is 2.38. The van der Waals surface area contributed by atoms with Gasteiger partial charge in [-0.1, -0.05) is 6.07 Å². The van der Waals surface area contributed by atoms with Crippen LogP contribution in [0, 0.1) is 12.8 Å². The zero-order chi connectivity index (χ0) is 12.8. The lowest BCUT2D eigenvalue weighted by Gasteiger charge is -2.21. The molecule has 1 aliphatic heterocycles. The molecular formula is C14H21N3O. The number of aromatic nitrogens is 1. The molecule has 1 aliphatic rings. The topological polar surface area (TPSA) is 54.0 Å². The van der Waals surface area contributed by atoms with Crippen molar-refractivity contribution >= 4 is 5.91 Å². The first-order valence-corrected chi connectivity index (χ1v) is 6.64. The van der Waals surface area contributed by atoms with Crippen LogP contribution >= 0.6 is 0 Å². The quantitative estimate of drug-likeness (QED) is 0.845. The summed E-state index contributed by atoms with van der Waals surface area (Å²) in [5.74, 6) is 0.682. The van der Waals surface area contributed by atoms with E-state index in [0.717, 1.165) is 37.3 Å². The van der Waals surface area contributed by atoms with Gasteiger partial charge in [-0.2, -0.15) is 0 Å². The van der Waals surface area contributed by atoms with Crippen molar-refractivity contribution in [1.82, 2.24) is 15.6 Å². The molecule has 1 fully saturated rings. The summed E-state index contributed by atoms with van der Waals surface area (Å²) < 4.78 is 0. The number of hydrogen-bond acceptors (Lipinski definition) is 3. The van der Waals surface area contributed by atoms with Crippen molar-refractivity contribution in [3.63, 3.8) is 0 Å². The predicted molar refractivity (Wildman–Crippen MR) is 71.0 cm³/mol. The van der Waals surface area contributed by atoms with Crippen LogP contribution in [0.1, 0.15) is 30.7 Å². The van der Waals surface area contributed by atoms with Crippen LogP contribution in [0.2, 0.25) is 0 Å². The highest BCUT2D eigenvalue weighted by molar-refractivity contribution is 5.76. The molecule has 0 aromatic carbocycles. The fraction of sp³-hybridized carbons (Fsp3) is 0.571. The van der Waals surface area contributed by atoms with Crippen molar-refractivity contribution in [2.45, 2.75) is 32.7 Å². The van der Waals surface area contributed by atoms with Crippen LogP contribution in [0.25, 0.3) is 0 Å². The van der Waals surface area contributed by atoms with Crippen molar-refractivity contribution in [3.05, 3.63) is 29.6 Å². The minimum absolute atomic E-state index is 0.144.